The lowest BCUT2D eigenvalue weighted by Gasteiger charge is -2.19. The molecule has 0 saturated carbocycles. The van der Waals surface area contributed by atoms with Gasteiger partial charge in [0.2, 0.25) is 5.91 Å². The van der Waals surface area contributed by atoms with E-state index in [1.54, 1.807) is 11.8 Å². The van der Waals surface area contributed by atoms with Crippen LogP contribution in [0.15, 0.2) is 46.9 Å². The fraction of sp³-hybridized carbons (Fsp3) is 0.278. The lowest BCUT2D eigenvalue weighted by atomic mass is 10.2. The highest BCUT2D eigenvalue weighted by Gasteiger charge is 2.14. The van der Waals surface area contributed by atoms with Crippen molar-refractivity contribution in [2.24, 2.45) is 0 Å². The standard InChI is InChI=1S/C18H18BrNO3S/c19-15-11-17-16(22-7-8-23-17)10-13(15)12-24-9-6-18(21)20-14-4-2-1-3-5-14/h1-5,10-11H,6-9,12H2,(H,20,21). The number of anilines is 1. The maximum absolute atomic E-state index is 11.9. The van der Waals surface area contributed by atoms with Crippen LogP contribution in [0.25, 0.3) is 0 Å². The average Bonchev–Trinajstić information content (AvgIpc) is 2.60. The van der Waals surface area contributed by atoms with Gasteiger partial charge in [-0.1, -0.05) is 34.1 Å². The van der Waals surface area contributed by atoms with Crippen molar-refractivity contribution in [2.45, 2.75) is 12.2 Å². The number of para-hydroxylation sites is 1. The minimum Gasteiger partial charge on any atom is -0.486 e. The van der Waals surface area contributed by atoms with Crippen LogP contribution in [-0.4, -0.2) is 24.9 Å². The van der Waals surface area contributed by atoms with E-state index in [2.05, 4.69) is 21.2 Å². The SMILES string of the molecule is O=C(CCSCc1cc2c(cc1Br)OCCO2)Nc1ccccc1. The number of amides is 1. The van der Waals surface area contributed by atoms with Crippen LogP contribution < -0.4 is 14.8 Å². The van der Waals surface area contributed by atoms with Gasteiger partial charge in [0.05, 0.1) is 0 Å². The Hall–Kier alpha value is -1.66. The summed E-state index contributed by atoms with van der Waals surface area (Å²) in [5.41, 5.74) is 1.98. The second kappa shape index (κ2) is 8.44. The number of benzene rings is 2. The first kappa shape index (κ1) is 17.2. The summed E-state index contributed by atoms with van der Waals surface area (Å²) in [5, 5.41) is 2.89. The van der Waals surface area contributed by atoms with E-state index in [0.717, 1.165) is 38.7 Å². The van der Waals surface area contributed by atoms with Gasteiger partial charge in [-0.05, 0) is 29.8 Å². The molecular formula is C18H18BrNO3S. The monoisotopic (exact) mass is 407 g/mol. The van der Waals surface area contributed by atoms with Gasteiger partial charge in [-0.2, -0.15) is 11.8 Å². The number of nitrogens with one attached hydrogen (secondary N) is 1. The van der Waals surface area contributed by atoms with Crippen LogP contribution in [0.4, 0.5) is 5.69 Å². The highest BCUT2D eigenvalue weighted by molar-refractivity contribution is 9.10. The summed E-state index contributed by atoms with van der Waals surface area (Å²) in [7, 11) is 0. The molecule has 0 atom stereocenters. The normalized spacial score (nSPS) is 12.7. The summed E-state index contributed by atoms with van der Waals surface area (Å²) in [5.74, 6) is 3.19. The third-order valence-electron chi connectivity index (χ3n) is 3.50. The topological polar surface area (TPSA) is 47.6 Å². The minimum atomic E-state index is 0.0370. The Morgan fingerprint density at radius 1 is 1.12 bits per heavy atom. The highest BCUT2D eigenvalue weighted by atomic mass is 79.9. The van der Waals surface area contributed by atoms with E-state index >= 15 is 0 Å². The van der Waals surface area contributed by atoms with Gasteiger partial charge >= 0.3 is 0 Å². The molecule has 0 aromatic heterocycles. The highest BCUT2D eigenvalue weighted by Crippen LogP contribution is 2.36. The van der Waals surface area contributed by atoms with Crippen molar-refractivity contribution in [3.05, 3.63) is 52.5 Å². The van der Waals surface area contributed by atoms with Crippen molar-refractivity contribution in [3.8, 4) is 11.5 Å². The average molecular weight is 408 g/mol. The van der Waals surface area contributed by atoms with E-state index in [1.807, 2.05) is 42.5 Å². The maximum atomic E-state index is 11.9. The number of thioether (sulfide) groups is 1. The molecule has 0 bridgehead atoms. The van der Waals surface area contributed by atoms with E-state index in [0.29, 0.717) is 19.6 Å². The van der Waals surface area contributed by atoms with Crippen molar-refractivity contribution in [2.75, 3.05) is 24.3 Å². The molecule has 1 aliphatic rings. The number of halogens is 1. The van der Waals surface area contributed by atoms with Gasteiger partial charge in [0.1, 0.15) is 13.2 Å². The Morgan fingerprint density at radius 2 is 1.83 bits per heavy atom. The molecule has 1 N–H and O–H groups in total. The molecule has 1 aliphatic heterocycles. The van der Waals surface area contributed by atoms with E-state index in [-0.39, 0.29) is 5.91 Å². The van der Waals surface area contributed by atoms with Gasteiger partial charge < -0.3 is 14.8 Å². The molecule has 0 saturated heterocycles. The molecule has 0 spiro atoms. The smallest absolute Gasteiger partial charge is 0.225 e. The summed E-state index contributed by atoms with van der Waals surface area (Å²) in [4.78, 5) is 11.9. The van der Waals surface area contributed by atoms with Gasteiger partial charge in [-0.3, -0.25) is 4.79 Å². The third kappa shape index (κ3) is 4.68. The van der Waals surface area contributed by atoms with E-state index < -0.39 is 0 Å². The van der Waals surface area contributed by atoms with Gasteiger partial charge in [-0.25, -0.2) is 0 Å². The molecule has 6 heteroatoms. The van der Waals surface area contributed by atoms with Crippen LogP contribution in [0.3, 0.4) is 0 Å². The molecule has 0 aliphatic carbocycles. The predicted octanol–water partition coefficient (Wildman–Crippen LogP) is 4.48. The van der Waals surface area contributed by atoms with Crippen molar-refractivity contribution >= 4 is 39.3 Å². The number of hydrogen-bond donors (Lipinski definition) is 1. The summed E-state index contributed by atoms with van der Waals surface area (Å²) in [6.45, 7) is 1.17. The zero-order valence-electron chi connectivity index (χ0n) is 13.1. The third-order valence-corrected chi connectivity index (χ3v) is 5.25. The lowest BCUT2D eigenvalue weighted by Crippen LogP contribution is -2.15. The van der Waals surface area contributed by atoms with Crippen molar-refractivity contribution in [3.63, 3.8) is 0 Å². The first-order chi connectivity index (χ1) is 11.7. The first-order valence-corrected chi connectivity index (χ1v) is 9.68. The van der Waals surface area contributed by atoms with Crippen molar-refractivity contribution in [1.82, 2.24) is 0 Å². The van der Waals surface area contributed by atoms with Crippen LogP contribution in [0.1, 0.15) is 12.0 Å². The van der Waals surface area contributed by atoms with Crippen molar-refractivity contribution < 1.29 is 14.3 Å². The molecule has 0 fully saturated rings. The van der Waals surface area contributed by atoms with E-state index in [9.17, 15) is 4.79 Å². The summed E-state index contributed by atoms with van der Waals surface area (Å²) in [6, 6.07) is 13.5. The number of carbonyl (C=O) groups is 1. The molecule has 2 aromatic carbocycles. The fourth-order valence-electron chi connectivity index (χ4n) is 2.31. The van der Waals surface area contributed by atoms with Crippen LogP contribution >= 0.6 is 27.7 Å². The Morgan fingerprint density at radius 3 is 2.58 bits per heavy atom. The van der Waals surface area contributed by atoms with Crippen LogP contribution in [0.5, 0.6) is 11.5 Å². The zero-order valence-corrected chi connectivity index (χ0v) is 15.5. The molecule has 4 nitrogen and oxygen atoms in total. The summed E-state index contributed by atoms with van der Waals surface area (Å²) in [6.07, 6.45) is 0.488. The number of hydrogen-bond acceptors (Lipinski definition) is 4. The van der Waals surface area contributed by atoms with E-state index in [4.69, 9.17) is 9.47 Å². The first-order valence-electron chi connectivity index (χ1n) is 7.73. The Bertz CT molecular complexity index is 709. The molecule has 2 aromatic rings. The zero-order chi connectivity index (χ0) is 16.8. The van der Waals surface area contributed by atoms with Crippen LogP contribution in [0.2, 0.25) is 0 Å². The molecule has 3 rings (SSSR count). The quantitative estimate of drug-likeness (QED) is 0.716. The number of fused-ring (bicyclic) bond motifs is 1. The van der Waals surface area contributed by atoms with Gasteiger partial charge in [0.25, 0.3) is 0 Å². The summed E-state index contributed by atoms with van der Waals surface area (Å²) < 4.78 is 12.2. The number of ether oxygens (including phenoxy) is 2. The fourth-order valence-corrected chi connectivity index (χ4v) is 3.89. The lowest BCUT2D eigenvalue weighted by molar-refractivity contribution is -0.115. The molecule has 0 unspecified atom stereocenters. The molecule has 1 amide bonds. The Kier molecular flexibility index (Phi) is 6.04. The number of rotatable bonds is 6. The second-order valence-corrected chi connectivity index (χ2v) is 7.26. The molecular weight excluding hydrogens is 390 g/mol. The number of carbonyl (C=O) groups excluding carboxylic acids is 1. The molecule has 1 heterocycles. The molecule has 24 heavy (non-hydrogen) atoms. The van der Waals surface area contributed by atoms with Crippen molar-refractivity contribution in [1.29, 1.82) is 0 Å². The second-order valence-electron chi connectivity index (χ2n) is 5.30. The van der Waals surface area contributed by atoms with Gasteiger partial charge in [-0.15, -0.1) is 0 Å². The Labute approximate surface area is 154 Å². The summed E-state index contributed by atoms with van der Waals surface area (Å²) >= 11 is 5.30. The minimum absolute atomic E-state index is 0.0370. The van der Waals surface area contributed by atoms with E-state index in [1.165, 1.54) is 0 Å². The van der Waals surface area contributed by atoms with Crippen LogP contribution in [0, 0.1) is 0 Å². The molecule has 126 valence electrons. The van der Waals surface area contributed by atoms with Gasteiger partial charge in [0, 0.05) is 28.1 Å². The largest absolute Gasteiger partial charge is 0.486 e. The Balaban J connectivity index is 1.46. The molecule has 0 radical (unpaired) electrons. The maximum Gasteiger partial charge on any atom is 0.225 e. The van der Waals surface area contributed by atoms with Crippen LogP contribution in [-0.2, 0) is 10.5 Å². The predicted molar refractivity (Wildman–Crippen MR) is 101 cm³/mol. The van der Waals surface area contributed by atoms with Gasteiger partial charge in [0.15, 0.2) is 11.5 Å².